The van der Waals surface area contributed by atoms with Crippen molar-refractivity contribution in [1.29, 1.82) is 0 Å². The van der Waals surface area contributed by atoms with Crippen LogP contribution in [0, 0.1) is 12.8 Å². The summed E-state index contributed by atoms with van der Waals surface area (Å²) in [5.41, 5.74) is 3.16. The zero-order valence-corrected chi connectivity index (χ0v) is 18.5. The number of ether oxygens (including phenoxy) is 2. The second-order valence-electron chi connectivity index (χ2n) is 8.54. The number of hydrogen-bond donors (Lipinski definition) is 1. The van der Waals surface area contributed by atoms with Gasteiger partial charge in [-0.25, -0.2) is 0 Å². The summed E-state index contributed by atoms with van der Waals surface area (Å²) >= 11 is 0. The monoisotopic (exact) mass is 431 g/mol. The second-order valence-corrected chi connectivity index (χ2v) is 8.54. The first-order valence-electron chi connectivity index (χ1n) is 11.0. The predicted octanol–water partition coefficient (Wildman–Crippen LogP) is 6.06. The Balaban J connectivity index is 1.39. The van der Waals surface area contributed by atoms with Crippen molar-refractivity contribution in [1.82, 2.24) is 0 Å². The fraction of sp³-hybridized carbons (Fsp3) is 0.296. The second kappa shape index (κ2) is 9.77. The van der Waals surface area contributed by atoms with Crippen molar-refractivity contribution in [3.8, 4) is 17.2 Å². The topological polar surface area (TPSA) is 59.0 Å². The van der Waals surface area contributed by atoms with Crippen LogP contribution >= 0.6 is 0 Å². The SMILES string of the molecule is Cc1cc(OCc2ccccc2)ccc1Oc1ccc(N2CC(C)CC2CC(=O)O)cc1. The molecule has 2 unspecified atom stereocenters. The van der Waals surface area contributed by atoms with Crippen molar-refractivity contribution in [3.63, 3.8) is 0 Å². The van der Waals surface area contributed by atoms with Gasteiger partial charge in [-0.3, -0.25) is 4.79 Å². The molecule has 1 fully saturated rings. The largest absolute Gasteiger partial charge is 0.489 e. The van der Waals surface area contributed by atoms with Crippen molar-refractivity contribution >= 4 is 11.7 Å². The molecule has 0 saturated carbocycles. The highest BCUT2D eigenvalue weighted by Crippen LogP contribution is 2.33. The number of aliphatic carboxylic acids is 1. The number of carboxylic acids is 1. The fourth-order valence-electron chi connectivity index (χ4n) is 4.26. The Morgan fingerprint density at radius 1 is 1.03 bits per heavy atom. The van der Waals surface area contributed by atoms with Gasteiger partial charge >= 0.3 is 5.97 Å². The van der Waals surface area contributed by atoms with E-state index in [9.17, 15) is 9.90 Å². The molecule has 32 heavy (non-hydrogen) atoms. The molecule has 0 spiro atoms. The van der Waals surface area contributed by atoms with Crippen LogP contribution in [-0.4, -0.2) is 23.7 Å². The summed E-state index contributed by atoms with van der Waals surface area (Å²) in [5.74, 6) is 2.07. The van der Waals surface area contributed by atoms with E-state index in [-0.39, 0.29) is 12.5 Å². The smallest absolute Gasteiger partial charge is 0.305 e. The lowest BCUT2D eigenvalue weighted by molar-refractivity contribution is -0.137. The van der Waals surface area contributed by atoms with Crippen LogP contribution in [0.4, 0.5) is 5.69 Å². The molecule has 5 nitrogen and oxygen atoms in total. The summed E-state index contributed by atoms with van der Waals surface area (Å²) in [4.78, 5) is 13.4. The van der Waals surface area contributed by atoms with Gasteiger partial charge in [-0.15, -0.1) is 0 Å². The van der Waals surface area contributed by atoms with Crippen LogP contribution in [0.25, 0.3) is 0 Å². The highest BCUT2D eigenvalue weighted by molar-refractivity contribution is 5.69. The molecule has 3 aromatic carbocycles. The van der Waals surface area contributed by atoms with Crippen LogP contribution in [-0.2, 0) is 11.4 Å². The van der Waals surface area contributed by atoms with Crippen LogP contribution in [0.3, 0.4) is 0 Å². The molecular weight excluding hydrogens is 402 g/mol. The third kappa shape index (κ3) is 5.41. The van der Waals surface area contributed by atoms with E-state index in [2.05, 4.69) is 11.8 Å². The number of anilines is 1. The number of hydrogen-bond acceptors (Lipinski definition) is 4. The van der Waals surface area contributed by atoms with E-state index in [1.807, 2.05) is 79.7 Å². The Morgan fingerprint density at radius 3 is 2.44 bits per heavy atom. The Morgan fingerprint density at radius 2 is 1.75 bits per heavy atom. The molecule has 5 heteroatoms. The average Bonchev–Trinajstić information content (AvgIpc) is 3.14. The van der Waals surface area contributed by atoms with Gasteiger partial charge in [0.25, 0.3) is 0 Å². The van der Waals surface area contributed by atoms with Gasteiger partial charge in [0.15, 0.2) is 0 Å². The summed E-state index contributed by atoms with van der Waals surface area (Å²) in [7, 11) is 0. The molecule has 1 N–H and O–H groups in total. The van der Waals surface area contributed by atoms with Gasteiger partial charge in [-0.05, 0) is 72.9 Å². The summed E-state index contributed by atoms with van der Waals surface area (Å²) in [6.07, 6.45) is 1.07. The average molecular weight is 432 g/mol. The van der Waals surface area contributed by atoms with Crippen molar-refractivity contribution in [2.24, 2.45) is 5.92 Å². The van der Waals surface area contributed by atoms with Crippen LogP contribution < -0.4 is 14.4 Å². The molecule has 1 aliphatic rings. The molecule has 0 radical (unpaired) electrons. The van der Waals surface area contributed by atoms with Crippen molar-refractivity contribution in [2.75, 3.05) is 11.4 Å². The maximum absolute atomic E-state index is 11.2. The van der Waals surface area contributed by atoms with Gasteiger partial charge in [0, 0.05) is 18.3 Å². The lowest BCUT2D eigenvalue weighted by atomic mass is 10.1. The molecule has 0 bridgehead atoms. The van der Waals surface area contributed by atoms with Gasteiger partial charge in [-0.2, -0.15) is 0 Å². The van der Waals surface area contributed by atoms with Crippen LogP contribution in [0.2, 0.25) is 0 Å². The molecular formula is C27H29NO4. The number of benzene rings is 3. The third-order valence-electron chi connectivity index (χ3n) is 5.82. The molecule has 1 aliphatic heterocycles. The van der Waals surface area contributed by atoms with Crippen LogP contribution in [0.1, 0.15) is 30.9 Å². The van der Waals surface area contributed by atoms with Crippen molar-refractivity contribution in [3.05, 3.63) is 83.9 Å². The minimum absolute atomic E-state index is 0.0416. The number of aryl methyl sites for hydroxylation is 1. The highest BCUT2D eigenvalue weighted by atomic mass is 16.5. The number of nitrogens with zero attached hydrogens (tertiary/aromatic N) is 1. The van der Waals surface area contributed by atoms with E-state index < -0.39 is 5.97 Å². The fourth-order valence-corrected chi connectivity index (χ4v) is 4.26. The number of rotatable bonds is 8. The van der Waals surface area contributed by atoms with Crippen LogP contribution in [0.5, 0.6) is 17.2 Å². The van der Waals surface area contributed by atoms with E-state index in [4.69, 9.17) is 9.47 Å². The van der Waals surface area contributed by atoms with Gasteiger partial charge in [0.1, 0.15) is 23.9 Å². The molecule has 0 aromatic heterocycles. The molecule has 2 atom stereocenters. The van der Waals surface area contributed by atoms with Gasteiger partial charge in [0.2, 0.25) is 0 Å². The lowest BCUT2D eigenvalue weighted by Gasteiger charge is -2.26. The maximum atomic E-state index is 11.2. The summed E-state index contributed by atoms with van der Waals surface area (Å²) in [5, 5.41) is 9.21. The van der Waals surface area contributed by atoms with E-state index in [1.54, 1.807) is 0 Å². The summed E-state index contributed by atoms with van der Waals surface area (Å²) < 4.78 is 12.0. The molecule has 3 aromatic rings. The Labute approximate surface area is 189 Å². The van der Waals surface area contributed by atoms with E-state index in [0.29, 0.717) is 12.5 Å². The molecule has 166 valence electrons. The lowest BCUT2D eigenvalue weighted by Crippen LogP contribution is -2.31. The molecule has 0 amide bonds. The Hall–Kier alpha value is -3.47. The number of carbonyl (C=O) groups is 1. The minimum atomic E-state index is -0.749. The zero-order chi connectivity index (χ0) is 22.5. The molecule has 1 heterocycles. The van der Waals surface area contributed by atoms with E-state index in [1.165, 1.54) is 0 Å². The Kier molecular flexibility index (Phi) is 6.64. The van der Waals surface area contributed by atoms with Crippen molar-refractivity contribution in [2.45, 2.75) is 39.3 Å². The highest BCUT2D eigenvalue weighted by Gasteiger charge is 2.31. The quantitative estimate of drug-likeness (QED) is 0.470. The van der Waals surface area contributed by atoms with Crippen molar-refractivity contribution < 1.29 is 19.4 Å². The summed E-state index contributed by atoms with van der Waals surface area (Å²) in [6, 6.07) is 23.8. The third-order valence-corrected chi connectivity index (χ3v) is 5.82. The first-order chi connectivity index (χ1) is 15.5. The Bertz CT molecular complexity index is 1050. The predicted molar refractivity (Wildman–Crippen MR) is 126 cm³/mol. The standard InChI is InChI=1S/C27H29NO4/c1-19-14-23(16-27(29)30)28(17-19)22-8-10-24(11-9-22)32-26-13-12-25(15-20(26)2)31-18-21-6-4-3-5-7-21/h3-13,15,19,23H,14,16-18H2,1-2H3,(H,29,30). The van der Waals surface area contributed by atoms with Gasteiger partial charge in [0.05, 0.1) is 6.42 Å². The normalized spacial score (nSPS) is 17.9. The first kappa shape index (κ1) is 21.8. The summed E-state index contributed by atoms with van der Waals surface area (Å²) in [6.45, 7) is 5.57. The molecule has 4 rings (SSSR count). The van der Waals surface area contributed by atoms with Crippen LogP contribution in [0.15, 0.2) is 72.8 Å². The first-order valence-corrected chi connectivity index (χ1v) is 11.0. The van der Waals surface area contributed by atoms with Gasteiger partial charge in [-0.1, -0.05) is 37.3 Å². The molecule has 1 saturated heterocycles. The maximum Gasteiger partial charge on any atom is 0.305 e. The number of carboxylic acid groups (broad SMARTS) is 1. The van der Waals surface area contributed by atoms with Gasteiger partial charge < -0.3 is 19.5 Å². The molecule has 0 aliphatic carbocycles. The minimum Gasteiger partial charge on any atom is -0.489 e. The zero-order valence-electron chi connectivity index (χ0n) is 18.5. The van der Waals surface area contributed by atoms with E-state index in [0.717, 1.165) is 47.0 Å². The van der Waals surface area contributed by atoms with E-state index >= 15 is 0 Å².